The SMILES string of the molecule is O=C1NC(=S)N(c2cccc(Cl)c2Cl)C(=O)/C1=C/c1ccc(OCc2ccccc2Cl)c(Br)c1. The molecule has 1 aliphatic rings. The molecule has 0 bridgehead atoms. The first kappa shape index (κ1) is 24.7. The fraction of sp³-hybridized carbons (Fsp3) is 0.0417. The van der Waals surface area contributed by atoms with Crippen molar-refractivity contribution in [1.82, 2.24) is 5.32 Å². The van der Waals surface area contributed by atoms with Crippen LogP contribution in [0.1, 0.15) is 11.1 Å². The number of benzene rings is 3. The average Bonchev–Trinajstić information content (AvgIpc) is 2.79. The summed E-state index contributed by atoms with van der Waals surface area (Å²) in [5, 5.41) is 3.46. The van der Waals surface area contributed by atoms with Gasteiger partial charge in [-0.2, -0.15) is 0 Å². The number of anilines is 1. The molecule has 4 rings (SSSR count). The number of thiocarbonyl (C=S) groups is 1. The van der Waals surface area contributed by atoms with Crippen molar-refractivity contribution in [3.05, 3.63) is 96.9 Å². The Balaban J connectivity index is 1.60. The number of carbonyl (C=O) groups is 2. The van der Waals surface area contributed by atoms with Crippen LogP contribution in [-0.4, -0.2) is 16.9 Å². The first-order valence-corrected chi connectivity index (χ1v) is 12.1. The molecule has 0 unspecified atom stereocenters. The summed E-state index contributed by atoms with van der Waals surface area (Å²) in [6.45, 7) is 0.284. The minimum Gasteiger partial charge on any atom is -0.488 e. The monoisotopic (exact) mass is 594 g/mol. The summed E-state index contributed by atoms with van der Waals surface area (Å²) in [5.74, 6) is -0.650. The second-order valence-electron chi connectivity index (χ2n) is 7.10. The number of carbonyl (C=O) groups excluding carboxylic acids is 2. The third-order valence-electron chi connectivity index (χ3n) is 4.88. The van der Waals surface area contributed by atoms with Gasteiger partial charge in [-0.15, -0.1) is 0 Å². The fourth-order valence-electron chi connectivity index (χ4n) is 3.20. The molecule has 3 aromatic rings. The highest BCUT2D eigenvalue weighted by Gasteiger charge is 2.35. The van der Waals surface area contributed by atoms with Crippen LogP contribution in [0.25, 0.3) is 6.08 Å². The Morgan fingerprint density at radius 3 is 2.47 bits per heavy atom. The summed E-state index contributed by atoms with van der Waals surface area (Å²) in [7, 11) is 0. The van der Waals surface area contributed by atoms with E-state index in [1.165, 1.54) is 6.08 Å². The van der Waals surface area contributed by atoms with E-state index >= 15 is 0 Å². The Morgan fingerprint density at radius 1 is 1.00 bits per heavy atom. The summed E-state index contributed by atoms with van der Waals surface area (Å²) >= 11 is 27.2. The summed E-state index contributed by atoms with van der Waals surface area (Å²) in [5.41, 5.74) is 1.61. The van der Waals surface area contributed by atoms with Gasteiger partial charge in [-0.1, -0.05) is 65.1 Å². The van der Waals surface area contributed by atoms with E-state index in [1.54, 1.807) is 42.5 Å². The molecule has 1 aliphatic heterocycles. The highest BCUT2D eigenvalue weighted by atomic mass is 79.9. The molecule has 1 N–H and O–H groups in total. The summed E-state index contributed by atoms with van der Waals surface area (Å²) in [6, 6.07) is 17.4. The molecule has 1 fully saturated rings. The van der Waals surface area contributed by atoms with Gasteiger partial charge in [0.25, 0.3) is 11.8 Å². The number of hydrogen-bond donors (Lipinski definition) is 1. The summed E-state index contributed by atoms with van der Waals surface area (Å²) < 4.78 is 6.50. The summed E-state index contributed by atoms with van der Waals surface area (Å²) in [6.07, 6.45) is 1.47. The van der Waals surface area contributed by atoms with Crippen LogP contribution in [0.5, 0.6) is 5.75 Å². The van der Waals surface area contributed by atoms with Crippen molar-refractivity contribution in [3.8, 4) is 5.75 Å². The van der Waals surface area contributed by atoms with Gasteiger partial charge in [-0.05, 0) is 70.1 Å². The lowest BCUT2D eigenvalue weighted by molar-refractivity contribution is -0.122. The second kappa shape index (κ2) is 10.5. The zero-order valence-electron chi connectivity index (χ0n) is 17.2. The molecule has 10 heteroatoms. The average molecular weight is 597 g/mol. The lowest BCUT2D eigenvalue weighted by Crippen LogP contribution is -2.54. The van der Waals surface area contributed by atoms with Crippen molar-refractivity contribution in [3.63, 3.8) is 0 Å². The van der Waals surface area contributed by atoms with Gasteiger partial charge < -0.3 is 4.74 Å². The number of hydrogen-bond acceptors (Lipinski definition) is 4. The summed E-state index contributed by atoms with van der Waals surface area (Å²) in [4.78, 5) is 26.9. The minimum absolute atomic E-state index is 0.0826. The minimum atomic E-state index is -0.618. The van der Waals surface area contributed by atoms with Gasteiger partial charge in [0.2, 0.25) is 0 Å². The Hall–Kier alpha value is -2.42. The molecule has 0 spiro atoms. The Labute approximate surface area is 224 Å². The van der Waals surface area contributed by atoms with Crippen LogP contribution in [-0.2, 0) is 16.2 Å². The maximum Gasteiger partial charge on any atom is 0.270 e. The quantitative estimate of drug-likeness (QED) is 0.200. The van der Waals surface area contributed by atoms with E-state index in [0.29, 0.717) is 20.8 Å². The Kier molecular flexibility index (Phi) is 7.60. The molecule has 0 aromatic heterocycles. The molecule has 1 heterocycles. The first-order valence-electron chi connectivity index (χ1n) is 9.77. The number of ether oxygens (including phenoxy) is 1. The van der Waals surface area contributed by atoms with Gasteiger partial charge in [0, 0.05) is 10.6 Å². The maximum absolute atomic E-state index is 13.2. The Morgan fingerprint density at radius 2 is 1.74 bits per heavy atom. The number of nitrogens with zero attached hydrogens (tertiary/aromatic N) is 1. The normalized spacial score (nSPS) is 15.0. The lowest BCUT2D eigenvalue weighted by atomic mass is 10.1. The Bertz CT molecular complexity index is 1360. The predicted octanol–water partition coefficient (Wildman–Crippen LogP) is 6.82. The highest BCUT2D eigenvalue weighted by Crippen LogP contribution is 2.35. The van der Waals surface area contributed by atoms with E-state index in [4.69, 9.17) is 51.8 Å². The number of halogens is 4. The highest BCUT2D eigenvalue weighted by molar-refractivity contribution is 9.10. The molecule has 172 valence electrons. The fourth-order valence-corrected chi connectivity index (χ4v) is 4.56. The van der Waals surface area contributed by atoms with E-state index < -0.39 is 11.8 Å². The molecule has 0 saturated carbocycles. The van der Waals surface area contributed by atoms with Crippen LogP contribution in [0.15, 0.2) is 70.7 Å². The predicted molar refractivity (Wildman–Crippen MR) is 143 cm³/mol. The molecule has 0 aliphatic carbocycles. The van der Waals surface area contributed by atoms with Crippen molar-refractivity contribution in [1.29, 1.82) is 0 Å². The third kappa shape index (κ3) is 5.14. The molecule has 0 atom stereocenters. The van der Waals surface area contributed by atoms with Gasteiger partial charge in [0.1, 0.15) is 17.9 Å². The van der Waals surface area contributed by atoms with Crippen molar-refractivity contribution in [2.75, 3.05) is 4.90 Å². The van der Waals surface area contributed by atoms with Crippen LogP contribution in [0.4, 0.5) is 5.69 Å². The van der Waals surface area contributed by atoms with Crippen LogP contribution >= 0.6 is 63.0 Å². The molecular formula is C24H14BrCl3N2O3S. The van der Waals surface area contributed by atoms with Crippen molar-refractivity contribution >= 4 is 91.6 Å². The largest absolute Gasteiger partial charge is 0.488 e. The molecule has 5 nitrogen and oxygen atoms in total. The van der Waals surface area contributed by atoms with Crippen molar-refractivity contribution < 1.29 is 14.3 Å². The molecule has 0 radical (unpaired) electrons. The van der Waals surface area contributed by atoms with Gasteiger partial charge in [-0.3, -0.25) is 19.8 Å². The van der Waals surface area contributed by atoms with Gasteiger partial charge in [0.15, 0.2) is 5.11 Å². The van der Waals surface area contributed by atoms with Crippen LogP contribution in [0.3, 0.4) is 0 Å². The second-order valence-corrected chi connectivity index (χ2v) is 9.53. The van der Waals surface area contributed by atoms with Gasteiger partial charge in [-0.25, -0.2) is 0 Å². The lowest BCUT2D eigenvalue weighted by Gasteiger charge is -2.29. The molecular weight excluding hydrogens is 583 g/mol. The van der Waals surface area contributed by atoms with Crippen molar-refractivity contribution in [2.45, 2.75) is 6.61 Å². The van der Waals surface area contributed by atoms with Gasteiger partial charge >= 0.3 is 0 Å². The zero-order chi connectivity index (χ0) is 24.4. The molecule has 1 saturated heterocycles. The van der Waals surface area contributed by atoms with E-state index in [9.17, 15) is 9.59 Å². The van der Waals surface area contributed by atoms with Crippen molar-refractivity contribution in [2.24, 2.45) is 0 Å². The zero-order valence-corrected chi connectivity index (χ0v) is 21.8. The van der Waals surface area contributed by atoms with Crippen LogP contribution < -0.4 is 15.0 Å². The van der Waals surface area contributed by atoms with Gasteiger partial charge in [0.05, 0.1) is 20.2 Å². The van der Waals surface area contributed by atoms with Crippen LogP contribution in [0, 0.1) is 0 Å². The van der Waals surface area contributed by atoms with E-state index in [2.05, 4.69) is 21.2 Å². The topological polar surface area (TPSA) is 58.6 Å². The van der Waals surface area contributed by atoms with Crippen LogP contribution in [0.2, 0.25) is 15.1 Å². The third-order valence-corrected chi connectivity index (χ3v) is 6.96. The van der Waals surface area contributed by atoms with E-state index in [0.717, 1.165) is 10.5 Å². The number of amides is 2. The van der Waals surface area contributed by atoms with E-state index in [1.807, 2.05) is 18.2 Å². The number of nitrogens with one attached hydrogen (secondary N) is 1. The smallest absolute Gasteiger partial charge is 0.270 e. The molecule has 3 aromatic carbocycles. The number of rotatable bonds is 5. The van der Waals surface area contributed by atoms with E-state index in [-0.39, 0.29) is 33.0 Å². The molecule has 34 heavy (non-hydrogen) atoms. The standard InChI is InChI=1S/C24H14BrCl3N2O3S/c25-16-11-13(8-9-20(16)33-12-14-4-1-2-5-17(14)26)10-15-22(31)29-24(34)30(23(15)32)19-7-3-6-18(27)21(19)28/h1-11H,12H2,(H,29,31,34)/b15-10+. The molecule has 2 amide bonds. The first-order chi connectivity index (χ1) is 16.3. The maximum atomic E-state index is 13.2.